The van der Waals surface area contributed by atoms with Crippen molar-refractivity contribution in [1.82, 2.24) is 5.43 Å². The third kappa shape index (κ3) is 1.65. The average molecular weight is 217 g/mol. The fourth-order valence-electron chi connectivity index (χ4n) is 0.978. The number of allylic oxidation sites excluding steroid dienone is 1. The van der Waals surface area contributed by atoms with Gasteiger partial charge in [0.15, 0.2) is 5.71 Å². The van der Waals surface area contributed by atoms with Crippen molar-refractivity contribution in [3.05, 3.63) is 28.5 Å². The first-order chi connectivity index (χ1) is 6.57. The maximum absolute atomic E-state index is 12.1. The van der Waals surface area contributed by atoms with Gasteiger partial charge in [-0.15, -0.1) is 21.9 Å². The molecule has 0 bridgehead atoms. The van der Waals surface area contributed by atoms with Crippen LogP contribution in [-0.2, 0) is 0 Å². The Morgan fingerprint density at radius 3 is 2.57 bits per heavy atom. The first-order valence-electron chi connectivity index (χ1n) is 3.69. The van der Waals surface area contributed by atoms with E-state index in [0.29, 0.717) is 4.88 Å². The molecule has 0 unspecified atom stereocenters. The van der Waals surface area contributed by atoms with Gasteiger partial charge in [-0.3, -0.25) is 0 Å². The molecule has 0 saturated heterocycles. The molecule has 14 heavy (non-hydrogen) atoms. The predicted octanol–water partition coefficient (Wildman–Crippen LogP) is 2.63. The molecule has 2 rings (SSSR count). The molecule has 1 aliphatic heterocycles. The fourth-order valence-corrected chi connectivity index (χ4v) is 1.66. The molecule has 0 spiro atoms. The Hall–Kier alpha value is -1.30. The van der Waals surface area contributed by atoms with E-state index in [1.807, 2.05) is 0 Å². The highest BCUT2D eigenvalue weighted by molar-refractivity contribution is 7.11. The average Bonchev–Trinajstić information content (AvgIpc) is 2.73. The standard InChI is InChI=1S/C8H4F3N2S/c9-8(10,11)7-4-5(12-13-7)6-2-1-3-14-6/h1-4H. The molecule has 6 heteroatoms. The Bertz CT molecular complexity index is 389. The summed E-state index contributed by atoms with van der Waals surface area (Å²) in [6.45, 7) is 0. The molecular formula is C8H4F3N2S. The van der Waals surface area contributed by atoms with Gasteiger partial charge >= 0.3 is 6.18 Å². The van der Waals surface area contributed by atoms with Crippen LogP contribution < -0.4 is 5.43 Å². The van der Waals surface area contributed by atoms with Crippen molar-refractivity contribution in [2.45, 2.75) is 6.18 Å². The summed E-state index contributed by atoms with van der Waals surface area (Å²) in [4.78, 5) is 0.688. The zero-order valence-corrected chi connectivity index (χ0v) is 7.56. The van der Waals surface area contributed by atoms with E-state index in [-0.39, 0.29) is 5.70 Å². The van der Waals surface area contributed by atoms with Crippen LogP contribution in [0.4, 0.5) is 13.2 Å². The molecule has 1 aliphatic rings. The van der Waals surface area contributed by atoms with Crippen molar-refractivity contribution in [2.75, 3.05) is 0 Å². The Morgan fingerprint density at radius 1 is 1.29 bits per heavy atom. The van der Waals surface area contributed by atoms with Crippen LogP contribution in [0.1, 0.15) is 4.88 Å². The lowest BCUT2D eigenvalue weighted by Crippen LogP contribution is -2.19. The van der Waals surface area contributed by atoms with E-state index in [1.165, 1.54) is 11.3 Å². The summed E-state index contributed by atoms with van der Waals surface area (Å²) in [6.07, 6.45) is -3.46. The van der Waals surface area contributed by atoms with Gasteiger partial charge in [0.1, 0.15) is 5.70 Å². The van der Waals surface area contributed by atoms with Gasteiger partial charge < -0.3 is 0 Å². The molecule has 2 nitrogen and oxygen atoms in total. The molecule has 1 radical (unpaired) electrons. The van der Waals surface area contributed by atoms with Gasteiger partial charge in [-0.05, 0) is 17.5 Å². The lowest BCUT2D eigenvalue weighted by atomic mass is 10.3. The fraction of sp³-hybridized carbons (Fsp3) is 0.125. The highest BCUT2D eigenvalue weighted by atomic mass is 32.1. The van der Waals surface area contributed by atoms with Crippen LogP contribution in [0.15, 0.2) is 28.7 Å². The Balaban J connectivity index is 2.23. The van der Waals surface area contributed by atoms with Crippen molar-refractivity contribution in [2.24, 2.45) is 5.10 Å². The first-order valence-corrected chi connectivity index (χ1v) is 4.57. The largest absolute Gasteiger partial charge is 0.435 e. The van der Waals surface area contributed by atoms with Crippen molar-refractivity contribution in [3.8, 4) is 0 Å². The van der Waals surface area contributed by atoms with E-state index < -0.39 is 11.9 Å². The van der Waals surface area contributed by atoms with E-state index in [1.54, 1.807) is 17.5 Å². The van der Waals surface area contributed by atoms with E-state index in [9.17, 15) is 13.2 Å². The van der Waals surface area contributed by atoms with Gasteiger partial charge in [0.05, 0.1) is 4.88 Å². The molecule has 0 fully saturated rings. The zero-order valence-electron chi connectivity index (χ0n) is 6.75. The maximum Gasteiger partial charge on any atom is 0.435 e. The minimum absolute atomic E-state index is 0.271. The Morgan fingerprint density at radius 2 is 2.07 bits per heavy atom. The SMILES string of the molecule is FC(F)(F)C1=N[N]C(c2cccs2)=C1. The summed E-state index contributed by atoms with van der Waals surface area (Å²) < 4.78 is 36.4. The third-order valence-corrected chi connectivity index (χ3v) is 2.50. The van der Waals surface area contributed by atoms with E-state index in [2.05, 4.69) is 10.5 Å². The number of nitrogens with zero attached hydrogens (tertiary/aromatic N) is 2. The second-order valence-corrected chi connectivity index (χ2v) is 3.54. The van der Waals surface area contributed by atoms with Gasteiger partial charge in [-0.2, -0.15) is 13.2 Å². The molecular weight excluding hydrogens is 213 g/mol. The number of halogens is 3. The second-order valence-electron chi connectivity index (χ2n) is 2.59. The first kappa shape index (κ1) is 9.26. The van der Waals surface area contributed by atoms with E-state index in [4.69, 9.17) is 0 Å². The summed E-state index contributed by atoms with van der Waals surface area (Å²) in [6, 6.07) is 3.46. The molecule has 1 aromatic heterocycles. The van der Waals surface area contributed by atoms with Gasteiger partial charge in [-0.1, -0.05) is 6.07 Å². The summed E-state index contributed by atoms with van der Waals surface area (Å²) in [5.74, 6) is 0. The van der Waals surface area contributed by atoms with Crippen LogP contribution in [0, 0.1) is 0 Å². The lowest BCUT2D eigenvalue weighted by molar-refractivity contribution is -0.0577. The number of rotatable bonds is 1. The summed E-state index contributed by atoms with van der Waals surface area (Å²) in [7, 11) is 0. The Labute approximate surface area is 81.7 Å². The van der Waals surface area contributed by atoms with Gasteiger partial charge in [0.25, 0.3) is 0 Å². The monoisotopic (exact) mass is 217 g/mol. The van der Waals surface area contributed by atoms with Crippen LogP contribution in [0.5, 0.6) is 0 Å². The minimum Gasteiger partial charge on any atom is -0.164 e. The minimum atomic E-state index is -4.41. The van der Waals surface area contributed by atoms with Gasteiger partial charge in [0, 0.05) is 0 Å². The molecule has 73 valence electrons. The molecule has 0 N–H and O–H groups in total. The lowest BCUT2D eigenvalue weighted by Gasteiger charge is -1.99. The number of thiophene rings is 1. The predicted molar refractivity (Wildman–Crippen MR) is 47.9 cm³/mol. The van der Waals surface area contributed by atoms with Gasteiger partial charge in [-0.25, -0.2) is 0 Å². The highest BCUT2D eigenvalue weighted by Gasteiger charge is 2.37. The van der Waals surface area contributed by atoms with Crippen LogP contribution in [0.2, 0.25) is 0 Å². The maximum atomic E-state index is 12.1. The van der Waals surface area contributed by atoms with Crippen molar-refractivity contribution in [3.63, 3.8) is 0 Å². The highest BCUT2D eigenvalue weighted by Crippen LogP contribution is 2.27. The third-order valence-electron chi connectivity index (χ3n) is 1.60. The molecule has 0 amide bonds. The molecule has 0 atom stereocenters. The smallest absolute Gasteiger partial charge is 0.164 e. The Kier molecular flexibility index (Phi) is 2.07. The zero-order chi connectivity index (χ0) is 10.2. The topological polar surface area (TPSA) is 26.5 Å². The molecule has 2 heterocycles. The number of alkyl halides is 3. The van der Waals surface area contributed by atoms with E-state index >= 15 is 0 Å². The van der Waals surface area contributed by atoms with Crippen molar-refractivity contribution >= 4 is 22.7 Å². The van der Waals surface area contributed by atoms with Crippen LogP contribution in [-0.4, -0.2) is 11.9 Å². The summed E-state index contributed by atoms with van der Waals surface area (Å²) in [5, 5.41) is 4.85. The number of hydrogen-bond acceptors (Lipinski definition) is 2. The molecule has 0 aromatic carbocycles. The van der Waals surface area contributed by atoms with Crippen LogP contribution in [0.25, 0.3) is 5.70 Å². The van der Waals surface area contributed by atoms with Crippen LogP contribution in [0.3, 0.4) is 0 Å². The molecule has 1 aromatic rings. The number of hydrogen-bond donors (Lipinski definition) is 0. The summed E-state index contributed by atoms with van der Waals surface area (Å²) >= 11 is 1.33. The van der Waals surface area contributed by atoms with E-state index in [0.717, 1.165) is 6.08 Å². The molecule has 0 aliphatic carbocycles. The van der Waals surface area contributed by atoms with Gasteiger partial charge in [0.2, 0.25) is 0 Å². The molecule has 0 saturated carbocycles. The van der Waals surface area contributed by atoms with Crippen LogP contribution >= 0.6 is 11.3 Å². The summed E-state index contributed by atoms with van der Waals surface area (Å²) in [5.41, 5.74) is 2.79. The van der Waals surface area contributed by atoms with Crippen molar-refractivity contribution in [1.29, 1.82) is 0 Å². The van der Waals surface area contributed by atoms with Crippen molar-refractivity contribution < 1.29 is 13.2 Å². The normalized spacial score (nSPS) is 16.2. The second kappa shape index (κ2) is 3.13. The quantitative estimate of drug-likeness (QED) is 0.691.